The van der Waals surface area contributed by atoms with Gasteiger partial charge in [-0.2, -0.15) is 0 Å². The Morgan fingerprint density at radius 3 is 2.87 bits per heavy atom. The van der Waals surface area contributed by atoms with E-state index in [-0.39, 0.29) is 12.0 Å². The van der Waals surface area contributed by atoms with E-state index in [0.717, 1.165) is 23.1 Å². The van der Waals surface area contributed by atoms with Gasteiger partial charge in [0.1, 0.15) is 11.3 Å². The van der Waals surface area contributed by atoms with E-state index in [9.17, 15) is 4.79 Å². The summed E-state index contributed by atoms with van der Waals surface area (Å²) in [6, 6.07) is 10.9. The molecule has 1 saturated heterocycles. The number of halogens is 2. The molecule has 2 heterocycles. The van der Waals surface area contributed by atoms with Gasteiger partial charge in [0, 0.05) is 17.7 Å². The van der Waals surface area contributed by atoms with Gasteiger partial charge in [0.15, 0.2) is 5.13 Å². The first-order chi connectivity index (χ1) is 14.6. The number of hydrogen-bond acceptors (Lipinski definition) is 5. The lowest BCUT2D eigenvalue weighted by Crippen LogP contribution is -2.36. The third-order valence-electron chi connectivity index (χ3n) is 4.88. The van der Waals surface area contributed by atoms with Gasteiger partial charge >= 0.3 is 0 Å². The van der Waals surface area contributed by atoms with Crippen LogP contribution in [0.2, 0.25) is 10.0 Å². The van der Waals surface area contributed by atoms with Gasteiger partial charge in [-0.15, -0.1) is 0 Å². The van der Waals surface area contributed by atoms with E-state index in [4.69, 9.17) is 32.7 Å². The number of fused-ring (bicyclic) bond motifs is 1. The number of methoxy groups -OCH3 is 1. The van der Waals surface area contributed by atoms with E-state index >= 15 is 0 Å². The lowest BCUT2D eigenvalue weighted by atomic mass is 10.2. The van der Waals surface area contributed by atoms with E-state index in [1.807, 2.05) is 18.2 Å². The standard InChI is InChI=1S/C22H20Cl2N2O3S/c1-28-18-10-9-17(24)21-20(18)25-22(30-21)26(13-15-6-4-12-29-15)19(27)11-8-14-5-2-3-7-16(14)23/h2-3,5,7-11,15H,4,6,12-13H2,1H3/b11-8+. The summed E-state index contributed by atoms with van der Waals surface area (Å²) in [5.74, 6) is 0.424. The van der Waals surface area contributed by atoms with Crippen molar-refractivity contribution < 1.29 is 14.3 Å². The largest absolute Gasteiger partial charge is 0.494 e. The van der Waals surface area contributed by atoms with Crippen LogP contribution in [0.3, 0.4) is 0 Å². The lowest BCUT2D eigenvalue weighted by Gasteiger charge is -2.21. The number of aromatic nitrogens is 1. The summed E-state index contributed by atoms with van der Waals surface area (Å²) >= 11 is 13.9. The molecule has 5 nitrogen and oxygen atoms in total. The molecule has 2 aromatic carbocycles. The first-order valence-corrected chi connectivity index (χ1v) is 11.1. The second-order valence-electron chi connectivity index (χ2n) is 6.86. The minimum absolute atomic E-state index is 0.0213. The van der Waals surface area contributed by atoms with Gasteiger partial charge in [-0.1, -0.05) is 52.7 Å². The first-order valence-electron chi connectivity index (χ1n) is 9.55. The summed E-state index contributed by atoms with van der Waals surface area (Å²) in [5, 5.41) is 1.72. The van der Waals surface area contributed by atoms with Crippen molar-refractivity contribution in [1.29, 1.82) is 0 Å². The summed E-state index contributed by atoms with van der Waals surface area (Å²) in [6.07, 6.45) is 5.11. The second kappa shape index (κ2) is 9.35. The molecule has 1 aromatic heterocycles. The number of thiazole rings is 1. The van der Waals surface area contributed by atoms with Gasteiger partial charge in [0.2, 0.25) is 0 Å². The molecule has 1 fully saturated rings. The zero-order chi connectivity index (χ0) is 21.1. The summed E-state index contributed by atoms with van der Waals surface area (Å²) < 4.78 is 12.0. The number of carbonyl (C=O) groups excluding carboxylic acids is 1. The Labute approximate surface area is 188 Å². The Bertz CT molecular complexity index is 1090. The molecule has 0 N–H and O–H groups in total. The predicted octanol–water partition coefficient (Wildman–Crippen LogP) is 5.84. The predicted molar refractivity (Wildman–Crippen MR) is 123 cm³/mol. The second-order valence-corrected chi connectivity index (χ2v) is 8.65. The highest BCUT2D eigenvalue weighted by Gasteiger charge is 2.26. The molecule has 30 heavy (non-hydrogen) atoms. The van der Waals surface area contributed by atoms with Crippen LogP contribution < -0.4 is 9.64 Å². The van der Waals surface area contributed by atoms with Crippen molar-refractivity contribution in [3.63, 3.8) is 0 Å². The Hall–Kier alpha value is -2.12. The van der Waals surface area contributed by atoms with Crippen molar-refractivity contribution >= 4 is 61.9 Å². The highest BCUT2D eigenvalue weighted by atomic mass is 35.5. The van der Waals surface area contributed by atoms with Crippen LogP contribution in [-0.4, -0.2) is 37.3 Å². The minimum atomic E-state index is -0.195. The molecular weight excluding hydrogens is 443 g/mol. The number of amides is 1. The molecule has 156 valence electrons. The van der Waals surface area contributed by atoms with Gasteiger partial charge in [-0.3, -0.25) is 9.69 Å². The monoisotopic (exact) mass is 462 g/mol. The molecule has 1 atom stereocenters. The maximum atomic E-state index is 13.2. The van der Waals surface area contributed by atoms with E-state index in [2.05, 4.69) is 4.98 Å². The van der Waals surface area contributed by atoms with Gasteiger partial charge in [0.25, 0.3) is 5.91 Å². The van der Waals surface area contributed by atoms with E-state index < -0.39 is 0 Å². The topological polar surface area (TPSA) is 51.7 Å². The number of rotatable bonds is 6. The van der Waals surface area contributed by atoms with Crippen LogP contribution in [0.25, 0.3) is 16.3 Å². The highest BCUT2D eigenvalue weighted by Crippen LogP contribution is 2.39. The van der Waals surface area contributed by atoms with E-state index in [1.165, 1.54) is 17.4 Å². The van der Waals surface area contributed by atoms with Crippen LogP contribution in [0.1, 0.15) is 18.4 Å². The average Bonchev–Trinajstić information content (AvgIpc) is 3.42. The van der Waals surface area contributed by atoms with Gasteiger partial charge < -0.3 is 9.47 Å². The third kappa shape index (κ3) is 4.47. The van der Waals surface area contributed by atoms with Crippen molar-refractivity contribution in [1.82, 2.24) is 4.98 Å². The van der Waals surface area contributed by atoms with Crippen molar-refractivity contribution in [3.8, 4) is 5.75 Å². The maximum Gasteiger partial charge on any atom is 0.252 e. The number of carbonyl (C=O) groups is 1. The highest BCUT2D eigenvalue weighted by molar-refractivity contribution is 7.23. The van der Waals surface area contributed by atoms with Crippen LogP contribution in [0, 0.1) is 0 Å². The summed E-state index contributed by atoms with van der Waals surface area (Å²) in [4.78, 5) is 19.5. The molecule has 0 aliphatic carbocycles. The number of nitrogens with zero attached hydrogens (tertiary/aromatic N) is 2. The fraction of sp³-hybridized carbons (Fsp3) is 0.273. The summed E-state index contributed by atoms with van der Waals surface area (Å²) in [6.45, 7) is 1.13. The maximum absolute atomic E-state index is 13.2. The smallest absolute Gasteiger partial charge is 0.252 e. The van der Waals surface area contributed by atoms with Gasteiger partial charge in [0.05, 0.1) is 29.5 Å². The van der Waals surface area contributed by atoms with E-state index in [0.29, 0.717) is 39.6 Å². The van der Waals surface area contributed by atoms with Gasteiger partial charge in [-0.25, -0.2) is 4.98 Å². The van der Waals surface area contributed by atoms with Crippen LogP contribution in [0.5, 0.6) is 5.75 Å². The van der Waals surface area contributed by atoms with Crippen LogP contribution in [0.4, 0.5) is 5.13 Å². The van der Waals surface area contributed by atoms with Crippen molar-refractivity contribution in [2.24, 2.45) is 0 Å². The normalized spacial score (nSPS) is 16.4. The summed E-state index contributed by atoms with van der Waals surface area (Å²) in [5.41, 5.74) is 1.42. The Kier molecular flexibility index (Phi) is 6.58. The minimum Gasteiger partial charge on any atom is -0.494 e. The number of anilines is 1. The fourth-order valence-electron chi connectivity index (χ4n) is 3.34. The van der Waals surface area contributed by atoms with Crippen LogP contribution in [0.15, 0.2) is 42.5 Å². The van der Waals surface area contributed by atoms with E-state index in [1.54, 1.807) is 36.3 Å². The quantitative estimate of drug-likeness (QED) is 0.431. The lowest BCUT2D eigenvalue weighted by molar-refractivity contribution is -0.114. The molecule has 1 amide bonds. The SMILES string of the molecule is COc1ccc(Cl)c2sc(N(CC3CCCO3)C(=O)/C=C/c3ccccc3Cl)nc12. The number of ether oxygens (including phenoxy) is 2. The molecule has 0 bridgehead atoms. The fourth-order valence-corrected chi connectivity index (χ4v) is 4.81. The molecule has 0 spiro atoms. The van der Waals surface area contributed by atoms with Crippen molar-refractivity contribution in [3.05, 3.63) is 58.1 Å². The molecule has 8 heteroatoms. The van der Waals surface area contributed by atoms with Crippen molar-refractivity contribution in [2.45, 2.75) is 18.9 Å². The third-order valence-corrected chi connectivity index (χ3v) is 6.77. The zero-order valence-electron chi connectivity index (χ0n) is 16.3. The van der Waals surface area contributed by atoms with Gasteiger partial charge in [-0.05, 0) is 42.7 Å². The molecule has 3 aromatic rings. The Balaban J connectivity index is 1.69. The first kappa shape index (κ1) is 21.1. The Morgan fingerprint density at radius 2 is 2.13 bits per heavy atom. The number of hydrogen-bond donors (Lipinski definition) is 0. The molecule has 0 saturated carbocycles. The van der Waals surface area contributed by atoms with Crippen LogP contribution in [-0.2, 0) is 9.53 Å². The molecular formula is C22H20Cl2N2O3S. The number of benzene rings is 2. The molecule has 1 aliphatic heterocycles. The van der Waals surface area contributed by atoms with Crippen molar-refractivity contribution in [2.75, 3.05) is 25.2 Å². The average molecular weight is 463 g/mol. The molecule has 0 radical (unpaired) electrons. The zero-order valence-corrected chi connectivity index (χ0v) is 18.6. The molecule has 4 rings (SSSR count). The molecule has 1 unspecified atom stereocenters. The summed E-state index contributed by atoms with van der Waals surface area (Å²) in [7, 11) is 1.59. The van der Waals surface area contributed by atoms with Crippen LogP contribution >= 0.6 is 34.5 Å². The Morgan fingerprint density at radius 1 is 1.30 bits per heavy atom. The molecule has 1 aliphatic rings.